The van der Waals surface area contributed by atoms with Crippen LogP contribution in [0.2, 0.25) is 0 Å². The number of aryl methyl sites for hydroxylation is 1. The molecule has 3 saturated carbocycles. The van der Waals surface area contributed by atoms with Gasteiger partial charge in [0.1, 0.15) is 0 Å². The van der Waals surface area contributed by atoms with Crippen LogP contribution < -0.4 is 0 Å². The molecule has 5 aromatic rings. The first-order valence-corrected chi connectivity index (χ1v) is 13.5. The van der Waals surface area contributed by atoms with Crippen molar-refractivity contribution < 1.29 is 6.85 Å². The van der Waals surface area contributed by atoms with E-state index < -0.39 is 13.2 Å². The van der Waals surface area contributed by atoms with Crippen molar-refractivity contribution >= 4 is 31.5 Å². The van der Waals surface area contributed by atoms with E-state index in [-0.39, 0.29) is 5.92 Å². The van der Waals surface area contributed by atoms with Gasteiger partial charge in [-0.15, -0.1) is 11.3 Å². The van der Waals surface area contributed by atoms with E-state index in [1.54, 1.807) is 23.6 Å². The number of aromatic nitrogens is 1. The fraction of sp³-hybridized carbons (Fsp3) is 0.303. The average Bonchev–Trinajstić information content (AvgIpc) is 3.36. The maximum atomic E-state index is 9.21. The molecule has 0 N–H and O–H groups in total. The third kappa shape index (κ3) is 3.79. The molecule has 0 amide bonds. The molecule has 3 aliphatic rings. The summed E-state index contributed by atoms with van der Waals surface area (Å²) in [7, 11) is 0. The van der Waals surface area contributed by atoms with Crippen molar-refractivity contribution in [1.29, 1.82) is 0 Å². The lowest BCUT2D eigenvalue weighted by Gasteiger charge is -2.42. The predicted octanol–water partition coefficient (Wildman–Crippen LogP) is 9.46. The lowest BCUT2D eigenvalue weighted by atomic mass is 9.63. The van der Waals surface area contributed by atoms with Gasteiger partial charge in [0.05, 0.1) is 5.69 Å². The normalized spacial score (nSPS) is 24.6. The van der Waals surface area contributed by atoms with Crippen LogP contribution in [0.15, 0.2) is 79.0 Å². The average molecular weight is 479 g/mol. The molecular formula is C33H31NS. The van der Waals surface area contributed by atoms with E-state index in [0.29, 0.717) is 28.7 Å². The highest BCUT2D eigenvalue weighted by atomic mass is 32.1. The molecule has 35 heavy (non-hydrogen) atoms. The highest BCUT2D eigenvalue weighted by Crippen LogP contribution is 2.47. The third-order valence-corrected chi connectivity index (χ3v) is 9.35. The van der Waals surface area contributed by atoms with Crippen molar-refractivity contribution in [2.45, 2.75) is 45.3 Å². The molecule has 0 saturated heterocycles. The second-order valence-electron chi connectivity index (χ2n) is 10.2. The van der Waals surface area contributed by atoms with Crippen LogP contribution in [0.5, 0.6) is 0 Å². The molecule has 2 heteroatoms. The molecule has 2 bridgehead atoms. The first kappa shape index (κ1) is 16.7. The van der Waals surface area contributed by atoms with Crippen molar-refractivity contribution in [1.82, 2.24) is 4.98 Å². The second kappa shape index (κ2) is 8.60. The van der Waals surface area contributed by atoms with Crippen LogP contribution in [0.3, 0.4) is 0 Å². The Balaban J connectivity index is 1.38. The van der Waals surface area contributed by atoms with Crippen LogP contribution in [-0.2, 0) is 6.37 Å². The summed E-state index contributed by atoms with van der Waals surface area (Å²) >= 11 is 1.59. The molecule has 1 unspecified atom stereocenters. The van der Waals surface area contributed by atoms with Crippen molar-refractivity contribution in [2.24, 2.45) is 17.8 Å². The quantitative estimate of drug-likeness (QED) is 0.251. The van der Waals surface area contributed by atoms with E-state index >= 15 is 0 Å². The fourth-order valence-electron chi connectivity index (χ4n) is 6.33. The Hall–Kier alpha value is -2.97. The molecule has 0 radical (unpaired) electrons. The van der Waals surface area contributed by atoms with Gasteiger partial charge in [0.15, 0.2) is 0 Å². The molecule has 174 valence electrons. The summed E-state index contributed by atoms with van der Waals surface area (Å²) in [6.07, 6.45) is 6.01. The van der Waals surface area contributed by atoms with Gasteiger partial charge in [-0.1, -0.05) is 67.4 Å². The summed E-state index contributed by atoms with van der Waals surface area (Å²) in [5.41, 5.74) is 4.77. The lowest BCUT2D eigenvalue weighted by molar-refractivity contribution is 0.0991. The number of benzene rings is 3. The minimum Gasteiger partial charge on any atom is -0.256 e. The van der Waals surface area contributed by atoms with Crippen LogP contribution >= 0.6 is 11.3 Å². The summed E-state index contributed by atoms with van der Waals surface area (Å²) in [5.74, 6) is 1.13. The van der Waals surface area contributed by atoms with Gasteiger partial charge in [-0.25, -0.2) is 0 Å². The van der Waals surface area contributed by atoms with Gasteiger partial charge in [-0.2, -0.15) is 0 Å². The van der Waals surface area contributed by atoms with Crippen molar-refractivity contribution in [3.63, 3.8) is 0 Å². The zero-order valence-corrected chi connectivity index (χ0v) is 20.4. The topological polar surface area (TPSA) is 12.9 Å². The third-order valence-electron chi connectivity index (χ3n) is 8.16. The number of hydrogen-bond donors (Lipinski definition) is 0. The van der Waals surface area contributed by atoms with E-state index in [9.17, 15) is 2.74 Å². The highest BCUT2D eigenvalue weighted by molar-refractivity contribution is 7.26. The molecule has 2 heterocycles. The molecule has 8 rings (SSSR count). The van der Waals surface area contributed by atoms with Crippen LogP contribution in [0.25, 0.3) is 42.6 Å². The number of pyridine rings is 1. The van der Waals surface area contributed by atoms with Gasteiger partial charge < -0.3 is 0 Å². The molecule has 0 aliphatic heterocycles. The van der Waals surface area contributed by atoms with Gasteiger partial charge >= 0.3 is 0 Å². The monoisotopic (exact) mass is 478 g/mol. The van der Waals surface area contributed by atoms with Crippen LogP contribution in [0.1, 0.15) is 50.1 Å². The molecular weight excluding hydrogens is 442 g/mol. The van der Waals surface area contributed by atoms with E-state index in [1.807, 2.05) is 42.5 Å². The molecule has 1 atom stereocenters. The van der Waals surface area contributed by atoms with Crippen LogP contribution in [-0.4, -0.2) is 4.98 Å². The number of nitrogens with zero attached hydrogens (tertiary/aromatic N) is 1. The Kier molecular flexibility index (Phi) is 4.09. The first-order chi connectivity index (χ1) is 19.2. The van der Waals surface area contributed by atoms with Crippen molar-refractivity contribution in [3.8, 4) is 22.4 Å². The summed E-state index contributed by atoms with van der Waals surface area (Å²) in [5, 5.41) is 1.68. The number of rotatable bonds is 4. The van der Waals surface area contributed by atoms with Gasteiger partial charge in [0.25, 0.3) is 0 Å². The van der Waals surface area contributed by atoms with Gasteiger partial charge in [-0.3, -0.25) is 4.98 Å². The Morgan fingerprint density at radius 2 is 1.83 bits per heavy atom. The smallest absolute Gasteiger partial charge is 0.0719 e. The summed E-state index contributed by atoms with van der Waals surface area (Å²) in [6.45, 7) is -2.25. The Bertz CT molecular complexity index is 1710. The molecule has 3 aromatic carbocycles. The Morgan fingerprint density at radius 3 is 2.63 bits per heavy atom. The van der Waals surface area contributed by atoms with E-state index in [0.717, 1.165) is 56.1 Å². The Morgan fingerprint density at radius 1 is 0.943 bits per heavy atom. The fourth-order valence-corrected chi connectivity index (χ4v) is 7.62. The van der Waals surface area contributed by atoms with E-state index in [4.69, 9.17) is 9.10 Å². The zero-order valence-electron chi connectivity index (χ0n) is 24.6. The number of hydrogen-bond acceptors (Lipinski definition) is 2. The minimum absolute atomic E-state index is 0.0361. The van der Waals surface area contributed by atoms with Gasteiger partial charge in [0.2, 0.25) is 0 Å². The number of thiophene rings is 1. The van der Waals surface area contributed by atoms with Gasteiger partial charge in [0, 0.05) is 38.8 Å². The first-order valence-electron chi connectivity index (χ1n) is 15.2. The summed E-state index contributed by atoms with van der Waals surface area (Å²) in [6, 6.07) is 23.7. The standard InChI is InChI=1S/C33H31NS/c1-21-7-13-28(30-19-23(15-16-34-30)18-27-17-22-8-10-25(27)11-9-22)33-32(21)29-14-12-26(20-31(29)35-33)24-5-3-2-4-6-24/h2-7,12-16,19-20,22,25,27H,8-11,17-18H2,1H3/i1D3,18D2. The molecule has 1 nitrogen and oxygen atoms in total. The zero-order chi connectivity index (χ0) is 27.6. The minimum atomic E-state index is -2.25. The van der Waals surface area contributed by atoms with Crippen LogP contribution in [0.4, 0.5) is 0 Å². The predicted molar refractivity (Wildman–Crippen MR) is 150 cm³/mol. The molecule has 3 fully saturated rings. The molecule has 0 spiro atoms. The summed E-state index contributed by atoms with van der Waals surface area (Å²) < 4.78 is 45.1. The van der Waals surface area contributed by atoms with E-state index in [2.05, 4.69) is 24.3 Å². The SMILES string of the molecule is [2H]C([2H])([2H])c1ccc(-c2cc(C([2H])([2H])C3CC4CCC3CC4)ccn2)c2sc3cc(-c4ccccc4)ccc3c12. The van der Waals surface area contributed by atoms with E-state index in [1.165, 1.54) is 12.8 Å². The Labute approximate surface area is 218 Å². The highest BCUT2D eigenvalue weighted by Gasteiger charge is 2.35. The molecule has 2 aromatic heterocycles. The van der Waals surface area contributed by atoms with Crippen LogP contribution in [0, 0.1) is 24.6 Å². The molecule has 3 aliphatic carbocycles. The maximum absolute atomic E-state index is 9.21. The summed E-state index contributed by atoms with van der Waals surface area (Å²) in [4.78, 5) is 4.69. The largest absolute Gasteiger partial charge is 0.256 e. The number of fused-ring (bicyclic) bond motifs is 6. The van der Waals surface area contributed by atoms with Gasteiger partial charge in [-0.05, 0) is 90.7 Å². The maximum Gasteiger partial charge on any atom is 0.0719 e. The van der Waals surface area contributed by atoms with Crippen molar-refractivity contribution in [2.75, 3.05) is 0 Å². The second-order valence-corrected chi connectivity index (χ2v) is 11.3. The lowest BCUT2D eigenvalue weighted by Crippen LogP contribution is -2.32. The van der Waals surface area contributed by atoms with Crippen molar-refractivity contribution in [3.05, 3.63) is 90.1 Å².